The number of aryl methyl sites for hydroxylation is 1. The largest absolute Gasteiger partial charge is 0.508 e. The zero-order chi connectivity index (χ0) is 38.2. The van der Waals surface area contributed by atoms with Crippen molar-refractivity contribution in [3.63, 3.8) is 0 Å². The highest BCUT2D eigenvalue weighted by Crippen LogP contribution is 2.64. The third kappa shape index (κ3) is 4.67. The molecular weight excluding hydrogens is 725 g/mol. The Bertz CT molecular complexity index is 2390. The fourth-order valence-corrected chi connectivity index (χ4v) is 12.1. The lowest BCUT2D eigenvalue weighted by Gasteiger charge is -2.60. The summed E-state index contributed by atoms with van der Waals surface area (Å²) < 4.78 is 30.8. The normalized spacial score (nSPS) is 27.8. The first kappa shape index (κ1) is 34.4. The van der Waals surface area contributed by atoms with E-state index in [0.717, 1.165) is 44.3 Å². The van der Waals surface area contributed by atoms with Crippen LogP contribution in [0.15, 0.2) is 36.5 Å². The Balaban J connectivity index is 1.23. The molecule has 7 aliphatic heterocycles. The number of aromatic hydroxyl groups is 2. The van der Waals surface area contributed by atoms with Crippen LogP contribution < -0.4 is 24.3 Å². The van der Waals surface area contributed by atoms with E-state index >= 15 is 0 Å². The first-order valence-electron chi connectivity index (χ1n) is 18.5. The smallest absolute Gasteiger partial charge is 0.338 e. The van der Waals surface area contributed by atoms with Gasteiger partial charge in [0.2, 0.25) is 6.79 Å². The number of allylic oxidation sites excluding steroid dienone is 1. The first-order chi connectivity index (χ1) is 26.4. The minimum absolute atomic E-state index is 0.00211. The van der Waals surface area contributed by atoms with Gasteiger partial charge in [0.1, 0.15) is 18.1 Å². The van der Waals surface area contributed by atoms with Crippen LogP contribution in [0.5, 0.6) is 34.5 Å². The summed E-state index contributed by atoms with van der Waals surface area (Å²) in [7, 11) is 3.68. The molecule has 0 aliphatic carbocycles. The van der Waals surface area contributed by atoms with E-state index in [4.69, 9.17) is 23.7 Å². The molecule has 0 amide bonds. The zero-order valence-electron chi connectivity index (χ0n) is 31.2. The number of aromatic amines is 1. The fourth-order valence-electron chi connectivity index (χ4n) is 10.4. The number of carbonyl (C=O) groups excluding carboxylic acids is 2. The van der Waals surface area contributed by atoms with Crippen molar-refractivity contribution in [1.82, 2.24) is 20.1 Å². The molecule has 3 aromatic carbocycles. The molecule has 8 heterocycles. The van der Waals surface area contributed by atoms with E-state index in [-0.39, 0.29) is 48.8 Å². The van der Waals surface area contributed by atoms with Crippen LogP contribution in [0.4, 0.5) is 0 Å². The van der Waals surface area contributed by atoms with Gasteiger partial charge in [-0.2, -0.15) is 0 Å². The minimum Gasteiger partial charge on any atom is -0.508 e. The van der Waals surface area contributed by atoms with Crippen molar-refractivity contribution in [2.45, 2.75) is 68.6 Å². The van der Waals surface area contributed by atoms with Gasteiger partial charge in [0.05, 0.1) is 30.1 Å². The number of H-pyrrole nitrogens is 1. The van der Waals surface area contributed by atoms with E-state index in [1.54, 1.807) is 31.0 Å². The quantitative estimate of drug-likeness (QED) is 0.159. The van der Waals surface area contributed by atoms with Crippen molar-refractivity contribution in [3.8, 4) is 34.5 Å². The summed E-state index contributed by atoms with van der Waals surface area (Å²) in [6.45, 7) is 10.1. The second-order valence-corrected chi connectivity index (χ2v) is 16.7. The number of aromatic nitrogens is 1. The monoisotopic (exact) mass is 766 g/mol. The van der Waals surface area contributed by atoms with Gasteiger partial charge in [0.25, 0.3) is 0 Å². The number of ether oxygens (including phenoxy) is 5. The van der Waals surface area contributed by atoms with Crippen LogP contribution in [-0.2, 0) is 32.7 Å². The summed E-state index contributed by atoms with van der Waals surface area (Å²) in [5.74, 6) is 1.43. The summed E-state index contributed by atoms with van der Waals surface area (Å²) in [6, 6.07) is 6.19. The molecule has 55 heavy (non-hydrogen) atoms. The third-order valence-corrected chi connectivity index (χ3v) is 14.1. The van der Waals surface area contributed by atoms with Gasteiger partial charge >= 0.3 is 11.9 Å². The fraction of sp³-hybridized carbons (Fsp3) is 0.415. The Morgan fingerprint density at radius 2 is 1.89 bits per heavy atom. The number of phenolic OH excluding ortho intramolecular Hbond substituents is 2. The average molecular weight is 767 g/mol. The predicted octanol–water partition coefficient (Wildman–Crippen LogP) is 5.08. The molecule has 1 spiro atoms. The van der Waals surface area contributed by atoms with Gasteiger partial charge in [-0.15, -0.1) is 11.8 Å². The number of hydrogen-bond acceptors (Lipinski definition) is 13. The summed E-state index contributed by atoms with van der Waals surface area (Å²) >= 11 is 1.57. The van der Waals surface area contributed by atoms with E-state index in [2.05, 4.69) is 39.8 Å². The number of likely N-dealkylation sites (N-methyl/N-ethyl adjacent to an activating group) is 1. The summed E-state index contributed by atoms with van der Waals surface area (Å²) in [4.78, 5) is 36.1. The molecule has 4 bridgehead atoms. The molecular formula is C41H42N4O9S. The number of benzene rings is 3. The lowest BCUT2D eigenvalue weighted by atomic mass is 9.73. The second kappa shape index (κ2) is 12.0. The van der Waals surface area contributed by atoms with Crippen molar-refractivity contribution in [3.05, 3.63) is 81.2 Å². The van der Waals surface area contributed by atoms with Crippen molar-refractivity contribution >= 4 is 34.6 Å². The van der Waals surface area contributed by atoms with Crippen molar-refractivity contribution in [2.75, 3.05) is 39.9 Å². The highest BCUT2D eigenvalue weighted by Gasteiger charge is 2.59. The molecule has 0 saturated carbocycles. The lowest BCUT2D eigenvalue weighted by molar-refractivity contribution is -0.155. The van der Waals surface area contributed by atoms with Gasteiger partial charge in [-0.3, -0.25) is 14.6 Å². The Labute approximate surface area is 321 Å². The number of phenols is 2. The van der Waals surface area contributed by atoms with E-state index in [9.17, 15) is 19.8 Å². The number of fused-ring (bicyclic) bond motifs is 11. The van der Waals surface area contributed by atoms with Gasteiger partial charge in [0, 0.05) is 76.6 Å². The summed E-state index contributed by atoms with van der Waals surface area (Å²) in [5, 5.41) is 26.4. The molecule has 0 radical (unpaired) electrons. The summed E-state index contributed by atoms with van der Waals surface area (Å²) in [5.41, 5.74) is 6.54. The molecule has 11 rings (SSSR count). The maximum Gasteiger partial charge on any atom is 0.338 e. The van der Waals surface area contributed by atoms with Gasteiger partial charge < -0.3 is 44.2 Å². The molecule has 4 aromatic rings. The van der Waals surface area contributed by atoms with Crippen LogP contribution in [0.2, 0.25) is 0 Å². The van der Waals surface area contributed by atoms with E-state index < -0.39 is 28.8 Å². The first-order valence-corrected chi connectivity index (χ1v) is 19.6. The molecule has 4 N–H and O–H groups in total. The molecule has 14 heteroatoms. The predicted molar refractivity (Wildman–Crippen MR) is 203 cm³/mol. The maximum atomic E-state index is 14.9. The van der Waals surface area contributed by atoms with Crippen LogP contribution >= 0.6 is 11.8 Å². The van der Waals surface area contributed by atoms with Gasteiger partial charge in [-0.05, 0) is 62.2 Å². The number of methoxy groups -OCH3 is 1. The van der Waals surface area contributed by atoms with Gasteiger partial charge in [0.15, 0.2) is 28.5 Å². The van der Waals surface area contributed by atoms with Gasteiger partial charge in [-0.1, -0.05) is 12.6 Å². The van der Waals surface area contributed by atoms with Crippen LogP contribution in [0.3, 0.4) is 0 Å². The number of esters is 2. The van der Waals surface area contributed by atoms with Crippen molar-refractivity contribution in [1.29, 1.82) is 0 Å². The lowest BCUT2D eigenvalue weighted by Crippen LogP contribution is -2.65. The SMILES string of the molecule is C=C1Cc2c([nH]c3ccc(O)cc23)[C@@]2(CS[C@@H]3c4c(OC(C)=O)c(C)c5c(c4C(COC2=O)N2C[C@@H]4Cc6cc(C)c(OC)c(O)c6C(C32)N4C)OCO5)N1. The highest BCUT2D eigenvalue weighted by atomic mass is 32.2. The van der Waals surface area contributed by atoms with Crippen LogP contribution in [0.25, 0.3) is 10.9 Å². The van der Waals surface area contributed by atoms with Gasteiger partial charge in [-0.25, -0.2) is 4.79 Å². The Morgan fingerprint density at radius 1 is 1.09 bits per heavy atom. The Kier molecular flexibility index (Phi) is 7.50. The van der Waals surface area contributed by atoms with Crippen molar-refractivity contribution in [2.24, 2.45) is 0 Å². The zero-order valence-corrected chi connectivity index (χ0v) is 32.0. The van der Waals surface area contributed by atoms with Crippen LogP contribution in [-0.4, -0.2) is 88.9 Å². The van der Waals surface area contributed by atoms with Crippen LogP contribution in [0, 0.1) is 13.8 Å². The molecule has 1 aromatic heterocycles. The number of piperazine rings is 1. The number of nitrogens with zero attached hydrogens (tertiary/aromatic N) is 2. The number of nitrogens with one attached hydrogen (secondary N) is 2. The molecule has 2 fully saturated rings. The second-order valence-electron chi connectivity index (χ2n) is 15.6. The summed E-state index contributed by atoms with van der Waals surface area (Å²) in [6.07, 6.45) is 1.16. The molecule has 3 unspecified atom stereocenters. The minimum atomic E-state index is -1.38. The molecule has 6 atom stereocenters. The van der Waals surface area contributed by atoms with Crippen molar-refractivity contribution < 1.29 is 43.5 Å². The number of thioether (sulfide) groups is 1. The van der Waals surface area contributed by atoms with Crippen LogP contribution in [0.1, 0.15) is 68.9 Å². The average Bonchev–Trinajstić information content (AvgIpc) is 3.77. The standard InChI is InChI=1S/C41H42N4O9S/c1-17-9-21-11-22-13-45-27-14-51-40(49)41(39-25(10-18(2)43-41)24-12-23(47)7-8-26(24)42-39)15-55-38(32(45)31(44(22)5)28(21)33(48)34(17)50-6)30-29(27)37-36(52-16-53-37)19(3)35(30)54-20(4)46/h7-9,12,22,27,31-32,38,42-43,47-48H,2,10-11,13-16H2,1,3-6H3/t22-,27?,31?,32?,38+,41+/m0/s1. The number of carbonyl (C=O) groups is 2. The molecule has 7 aliphatic rings. The maximum absolute atomic E-state index is 14.9. The van der Waals surface area contributed by atoms with E-state index in [1.165, 1.54) is 6.92 Å². The molecule has 2 saturated heterocycles. The molecule has 13 nitrogen and oxygen atoms in total. The highest BCUT2D eigenvalue weighted by molar-refractivity contribution is 7.99. The topological polar surface area (TPSA) is 155 Å². The molecule has 286 valence electrons. The van der Waals surface area contributed by atoms with E-state index in [0.29, 0.717) is 59.3 Å². The number of rotatable bonds is 2. The van der Waals surface area contributed by atoms with E-state index in [1.807, 2.05) is 19.9 Å². The Morgan fingerprint density at radius 3 is 2.67 bits per heavy atom. The third-order valence-electron chi connectivity index (χ3n) is 12.6. The number of hydrogen-bond donors (Lipinski definition) is 4. The Hall–Kier alpha value is -5.05.